The lowest BCUT2D eigenvalue weighted by Gasteiger charge is -2.29. The van der Waals surface area contributed by atoms with Gasteiger partial charge in [0.25, 0.3) is 5.91 Å². The van der Waals surface area contributed by atoms with Crippen LogP contribution >= 0.6 is 0 Å². The van der Waals surface area contributed by atoms with Gasteiger partial charge in [0.05, 0.1) is 12.0 Å². The van der Waals surface area contributed by atoms with Crippen LogP contribution in [0.15, 0.2) is 54.6 Å². The SMILES string of the molecule is N#CCNC(=O)C(CNC(=O)c1cccc(Oc2ccccc2)c1)C1CCCCC1. The second-order valence-corrected chi connectivity index (χ2v) is 7.53. The zero-order valence-electron chi connectivity index (χ0n) is 17.0. The number of carbonyl (C=O) groups excluding carboxylic acids is 2. The van der Waals surface area contributed by atoms with E-state index in [1.165, 1.54) is 6.42 Å². The predicted molar refractivity (Wildman–Crippen MR) is 114 cm³/mol. The fourth-order valence-corrected chi connectivity index (χ4v) is 3.90. The highest BCUT2D eigenvalue weighted by Crippen LogP contribution is 2.30. The highest BCUT2D eigenvalue weighted by molar-refractivity contribution is 5.95. The second-order valence-electron chi connectivity index (χ2n) is 7.53. The Morgan fingerprint density at radius 3 is 2.47 bits per heavy atom. The summed E-state index contributed by atoms with van der Waals surface area (Å²) in [6.45, 7) is 0.236. The molecule has 0 aliphatic heterocycles. The fraction of sp³-hybridized carbons (Fsp3) is 0.375. The van der Waals surface area contributed by atoms with Crippen LogP contribution in [-0.2, 0) is 4.79 Å². The van der Waals surface area contributed by atoms with E-state index in [0.717, 1.165) is 25.7 Å². The lowest BCUT2D eigenvalue weighted by atomic mass is 9.79. The Bertz CT molecular complexity index is 886. The number of para-hydroxylation sites is 1. The van der Waals surface area contributed by atoms with Crippen LogP contribution in [0.5, 0.6) is 11.5 Å². The van der Waals surface area contributed by atoms with E-state index in [2.05, 4.69) is 10.6 Å². The van der Waals surface area contributed by atoms with Crippen LogP contribution in [0.2, 0.25) is 0 Å². The molecule has 1 atom stereocenters. The quantitative estimate of drug-likeness (QED) is 0.648. The minimum absolute atomic E-state index is 0.0190. The minimum atomic E-state index is -0.327. The smallest absolute Gasteiger partial charge is 0.251 e. The molecule has 0 saturated heterocycles. The molecule has 0 heterocycles. The molecule has 2 aromatic rings. The van der Waals surface area contributed by atoms with E-state index < -0.39 is 0 Å². The number of nitrogens with one attached hydrogen (secondary N) is 2. The van der Waals surface area contributed by atoms with Gasteiger partial charge in [-0.2, -0.15) is 5.26 Å². The van der Waals surface area contributed by atoms with Crippen molar-refractivity contribution in [3.63, 3.8) is 0 Å². The second kappa shape index (κ2) is 11.0. The number of nitrogens with zero attached hydrogens (tertiary/aromatic N) is 1. The summed E-state index contributed by atoms with van der Waals surface area (Å²) in [7, 11) is 0. The third kappa shape index (κ3) is 6.08. The van der Waals surface area contributed by atoms with Crippen LogP contribution < -0.4 is 15.4 Å². The third-order valence-electron chi connectivity index (χ3n) is 5.45. The average Bonchev–Trinajstić information content (AvgIpc) is 2.79. The number of ether oxygens (including phenoxy) is 1. The van der Waals surface area contributed by atoms with Gasteiger partial charge in [-0.25, -0.2) is 0 Å². The van der Waals surface area contributed by atoms with Crippen LogP contribution in [0, 0.1) is 23.2 Å². The van der Waals surface area contributed by atoms with Crippen molar-refractivity contribution in [1.29, 1.82) is 5.26 Å². The van der Waals surface area contributed by atoms with Crippen molar-refractivity contribution in [3.8, 4) is 17.6 Å². The number of amides is 2. The normalized spacial score (nSPS) is 14.9. The van der Waals surface area contributed by atoms with Gasteiger partial charge >= 0.3 is 0 Å². The Hall–Kier alpha value is -3.33. The zero-order chi connectivity index (χ0) is 21.2. The van der Waals surface area contributed by atoms with Crippen LogP contribution in [0.3, 0.4) is 0 Å². The molecule has 6 nitrogen and oxygen atoms in total. The number of hydrogen-bond donors (Lipinski definition) is 2. The van der Waals surface area contributed by atoms with Crippen LogP contribution in [-0.4, -0.2) is 24.9 Å². The van der Waals surface area contributed by atoms with Gasteiger partial charge < -0.3 is 15.4 Å². The molecule has 1 fully saturated rings. The van der Waals surface area contributed by atoms with Crippen molar-refractivity contribution in [2.24, 2.45) is 11.8 Å². The Morgan fingerprint density at radius 1 is 1.00 bits per heavy atom. The molecule has 3 rings (SSSR count). The summed E-state index contributed by atoms with van der Waals surface area (Å²) in [5.41, 5.74) is 0.475. The van der Waals surface area contributed by atoms with Gasteiger partial charge in [-0.1, -0.05) is 43.5 Å². The van der Waals surface area contributed by atoms with Crippen LogP contribution in [0.4, 0.5) is 0 Å². The maximum Gasteiger partial charge on any atom is 0.251 e. The zero-order valence-corrected chi connectivity index (χ0v) is 17.0. The average molecular weight is 405 g/mol. The Balaban J connectivity index is 1.63. The molecule has 156 valence electrons. The Kier molecular flexibility index (Phi) is 7.85. The van der Waals surface area contributed by atoms with Gasteiger partial charge in [-0.15, -0.1) is 0 Å². The minimum Gasteiger partial charge on any atom is -0.457 e. The highest BCUT2D eigenvalue weighted by atomic mass is 16.5. The van der Waals surface area contributed by atoms with E-state index in [9.17, 15) is 9.59 Å². The van der Waals surface area contributed by atoms with Crippen molar-refractivity contribution in [2.45, 2.75) is 32.1 Å². The van der Waals surface area contributed by atoms with Crippen LogP contribution in [0.25, 0.3) is 0 Å². The van der Waals surface area contributed by atoms with E-state index in [1.54, 1.807) is 24.3 Å². The fourth-order valence-electron chi connectivity index (χ4n) is 3.90. The molecule has 0 aromatic heterocycles. The third-order valence-corrected chi connectivity index (χ3v) is 5.45. The summed E-state index contributed by atoms with van der Waals surface area (Å²) >= 11 is 0. The van der Waals surface area contributed by atoms with Gasteiger partial charge in [-0.3, -0.25) is 9.59 Å². The summed E-state index contributed by atoms with van der Waals surface area (Å²) in [4.78, 5) is 25.3. The topological polar surface area (TPSA) is 91.2 Å². The summed E-state index contributed by atoms with van der Waals surface area (Å²) in [6, 6.07) is 18.3. The summed E-state index contributed by atoms with van der Waals surface area (Å²) < 4.78 is 5.80. The Morgan fingerprint density at radius 2 is 1.73 bits per heavy atom. The molecule has 1 aliphatic carbocycles. The first-order valence-electron chi connectivity index (χ1n) is 10.4. The standard InChI is InChI=1S/C24H27N3O3/c25-14-15-26-24(29)22(18-8-3-1-4-9-18)17-27-23(28)19-10-7-13-21(16-19)30-20-11-5-2-6-12-20/h2,5-7,10-13,16,18,22H,1,3-4,8-9,15,17H2,(H,26,29)(H,27,28). The van der Waals surface area contributed by atoms with Crippen LogP contribution in [0.1, 0.15) is 42.5 Å². The summed E-state index contributed by atoms with van der Waals surface area (Å²) in [6.07, 6.45) is 5.32. The molecule has 1 aliphatic rings. The Labute approximate surface area is 177 Å². The van der Waals surface area contributed by atoms with Crippen molar-refractivity contribution in [3.05, 3.63) is 60.2 Å². The molecule has 0 spiro atoms. The number of rotatable bonds is 8. The monoisotopic (exact) mass is 405 g/mol. The highest BCUT2D eigenvalue weighted by Gasteiger charge is 2.29. The lowest BCUT2D eigenvalue weighted by Crippen LogP contribution is -2.43. The van der Waals surface area contributed by atoms with Gasteiger partial charge in [-0.05, 0) is 49.1 Å². The molecule has 0 radical (unpaired) electrons. The molecule has 6 heteroatoms. The van der Waals surface area contributed by atoms with Crippen molar-refractivity contribution in [1.82, 2.24) is 10.6 Å². The molecule has 1 unspecified atom stereocenters. The molecule has 2 N–H and O–H groups in total. The van der Waals surface area contributed by atoms with Gasteiger partial charge in [0.15, 0.2) is 0 Å². The van der Waals surface area contributed by atoms with E-state index >= 15 is 0 Å². The molecule has 30 heavy (non-hydrogen) atoms. The number of hydrogen-bond acceptors (Lipinski definition) is 4. The van der Waals surface area contributed by atoms with Crippen molar-refractivity contribution >= 4 is 11.8 Å². The van der Waals surface area contributed by atoms with Crippen molar-refractivity contribution < 1.29 is 14.3 Å². The molecule has 0 bridgehead atoms. The first kappa shape index (κ1) is 21.4. The lowest BCUT2D eigenvalue weighted by molar-refractivity contribution is -0.126. The number of carbonyl (C=O) groups is 2. The first-order valence-corrected chi connectivity index (χ1v) is 10.4. The molecular weight excluding hydrogens is 378 g/mol. The van der Waals surface area contributed by atoms with Gasteiger partial charge in [0, 0.05) is 12.1 Å². The molecule has 1 saturated carbocycles. The molecule has 2 amide bonds. The maximum atomic E-state index is 12.7. The van der Waals surface area contributed by atoms with E-state index in [4.69, 9.17) is 10.00 Å². The van der Waals surface area contributed by atoms with Crippen molar-refractivity contribution in [2.75, 3.05) is 13.1 Å². The predicted octanol–water partition coefficient (Wildman–Crippen LogP) is 4.04. The van der Waals surface area contributed by atoms with E-state index in [1.807, 2.05) is 36.4 Å². The van der Waals surface area contributed by atoms with Gasteiger partial charge in [0.2, 0.25) is 5.91 Å². The van der Waals surface area contributed by atoms with E-state index in [0.29, 0.717) is 17.1 Å². The van der Waals surface area contributed by atoms with E-state index in [-0.39, 0.29) is 36.7 Å². The largest absolute Gasteiger partial charge is 0.457 e. The number of benzene rings is 2. The molecular formula is C24H27N3O3. The summed E-state index contributed by atoms with van der Waals surface area (Å²) in [5.74, 6) is 0.759. The van der Waals surface area contributed by atoms with Gasteiger partial charge in [0.1, 0.15) is 18.0 Å². The molecule has 2 aromatic carbocycles. The number of nitriles is 1. The first-order chi connectivity index (χ1) is 14.7. The summed E-state index contributed by atoms with van der Waals surface area (Å²) in [5, 5.41) is 14.3. The maximum absolute atomic E-state index is 12.7.